The molecule has 0 spiro atoms. The topological polar surface area (TPSA) is 37.3 Å². The molecule has 0 aromatic carbocycles. The summed E-state index contributed by atoms with van der Waals surface area (Å²) in [7, 11) is 1.88. The van der Waals surface area contributed by atoms with Gasteiger partial charge in [0.25, 0.3) is 0 Å². The van der Waals surface area contributed by atoms with Gasteiger partial charge in [0, 0.05) is 0 Å². The van der Waals surface area contributed by atoms with Gasteiger partial charge in [0.2, 0.25) is 0 Å². The average Bonchev–Trinajstić information content (AvgIpc) is 2.25. The molecule has 0 bridgehead atoms. The zero-order chi connectivity index (χ0) is 12.1. The first kappa shape index (κ1) is 16.6. The zero-order valence-electron chi connectivity index (χ0n) is 9.84. The Morgan fingerprint density at radius 2 is 1.31 bits per heavy atom. The van der Waals surface area contributed by atoms with E-state index in [1.54, 1.807) is 0 Å². The molecule has 100 valence electrons. The molecule has 0 heterocycles. The Morgan fingerprint density at radius 1 is 0.875 bits per heavy atom. The van der Waals surface area contributed by atoms with E-state index in [-0.39, 0.29) is 0 Å². The molecule has 0 atom stereocenters. The standard InChI is InChI=1S/C12H24O2S.Au/c13-12(14)10-8-6-4-2-1-3-5-7-9-11-15;/h15H,1-11H2,(H,13,14);/q;+1/p-1. The van der Waals surface area contributed by atoms with Gasteiger partial charge in [-0.05, 0) is 0 Å². The molecule has 0 unspecified atom stereocenters. The molecule has 0 rings (SSSR count). The predicted octanol–water partition coefficient (Wildman–Crippen LogP) is 4.17. The van der Waals surface area contributed by atoms with Crippen LogP contribution in [0.5, 0.6) is 0 Å². The third kappa shape index (κ3) is 14.6. The van der Waals surface area contributed by atoms with E-state index in [1.165, 1.54) is 50.7 Å². The SMILES string of the molecule is O=C(O)CCCCCCCCCCC[S][Au]. The second-order valence-electron chi connectivity index (χ2n) is 4.12. The number of carbonyl (C=O) groups is 1. The zero-order valence-corrected chi connectivity index (χ0v) is 12.8. The Balaban J connectivity index is 2.90. The number of hydrogen-bond donors (Lipinski definition) is 1. The van der Waals surface area contributed by atoms with E-state index in [1.807, 2.05) is 9.23 Å². The van der Waals surface area contributed by atoms with Crippen molar-refractivity contribution < 1.29 is 29.6 Å². The van der Waals surface area contributed by atoms with Gasteiger partial charge in [-0.15, -0.1) is 0 Å². The Bertz CT molecular complexity index is 165. The van der Waals surface area contributed by atoms with Crippen molar-refractivity contribution in [2.75, 3.05) is 5.75 Å². The van der Waals surface area contributed by atoms with Gasteiger partial charge in [0.05, 0.1) is 0 Å². The maximum atomic E-state index is 10.3. The molecule has 0 radical (unpaired) electrons. The molecule has 0 saturated carbocycles. The molecule has 16 heavy (non-hydrogen) atoms. The van der Waals surface area contributed by atoms with Gasteiger partial charge in [-0.2, -0.15) is 0 Å². The van der Waals surface area contributed by atoms with Gasteiger partial charge in [-0.3, -0.25) is 4.79 Å². The fourth-order valence-electron chi connectivity index (χ4n) is 1.66. The summed E-state index contributed by atoms with van der Waals surface area (Å²) in [6, 6.07) is 0. The van der Waals surface area contributed by atoms with Crippen molar-refractivity contribution in [1.29, 1.82) is 0 Å². The monoisotopic (exact) mass is 428 g/mol. The Morgan fingerprint density at radius 3 is 1.75 bits per heavy atom. The number of unbranched alkanes of at least 4 members (excludes halogenated alkanes) is 8. The van der Waals surface area contributed by atoms with E-state index >= 15 is 0 Å². The fourth-order valence-corrected chi connectivity index (χ4v) is 2.89. The summed E-state index contributed by atoms with van der Waals surface area (Å²) in [5, 5.41) is 8.45. The van der Waals surface area contributed by atoms with Gasteiger partial charge in [-0.25, -0.2) is 0 Å². The van der Waals surface area contributed by atoms with Gasteiger partial charge in [0.15, 0.2) is 0 Å². The second-order valence-corrected chi connectivity index (χ2v) is 6.58. The van der Waals surface area contributed by atoms with Crippen LogP contribution in [0.2, 0.25) is 0 Å². The summed E-state index contributed by atoms with van der Waals surface area (Å²) in [5.41, 5.74) is 0. The summed E-state index contributed by atoms with van der Waals surface area (Å²) in [6.45, 7) is 0. The fraction of sp³-hybridized carbons (Fsp3) is 0.917. The van der Waals surface area contributed by atoms with E-state index < -0.39 is 5.97 Å². The van der Waals surface area contributed by atoms with Gasteiger partial charge in [-0.1, -0.05) is 0 Å². The van der Waals surface area contributed by atoms with Crippen molar-refractivity contribution in [3.8, 4) is 0 Å². The van der Waals surface area contributed by atoms with Crippen LogP contribution in [-0.2, 0) is 24.5 Å². The third-order valence-electron chi connectivity index (χ3n) is 2.60. The van der Waals surface area contributed by atoms with Crippen LogP contribution in [0.4, 0.5) is 0 Å². The van der Waals surface area contributed by atoms with Crippen molar-refractivity contribution >= 4 is 15.2 Å². The Hall–Kier alpha value is 0.560. The van der Waals surface area contributed by atoms with Crippen LogP contribution in [0.3, 0.4) is 0 Å². The molecule has 2 nitrogen and oxygen atoms in total. The molecule has 1 N–H and O–H groups in total. The predicted molar refractivity (Wildman–Crippen MR) is 66.3 cm³/mol. The van der Waals surface area contributed by atoms with Gasteiger partial charge >= 0.3 is 105 Å². The van der Waals surface area contributed by atoms with Crippen LogP contribution in [0.1, 0.15) is 64.2 Å². The number of hydrogen-bond acceptors (Lipinski definition) is 2. The maximum absolute atomic E-state index is 10.3. The molecule has 0 aromatic heterocycles. The summed E-state index contributed by atoms with van der Waals surface area (Å²) in [4.78, 5) is 10.3. The van der Waals surface area contributed by atoms with E-state index in [2.05, 4.69) is 19.7 Å². The van der Waals surface area contributed by atoms with E-state index in [4.69, 9.17) is 5.11 Å². The quantitative estimate of drug-likeness (QED) is 0.375. The molecule has 0 aromatic rings. The molecule has 4 heteroatoms. The van der Waals surface area contributed by atoms with Gasteiger partial charge < -0.3 is 5.11 Å². The van der Waals surface area contributed by atoms with Crippen LogP contribution < -0.4 is 0 Å². The van der Waals surface area contributed by atoms with Crippen LogP contribution >= 0.6 is 9.23 Å². The van der Waals surface area contributed by atoms with Crippen LogP contribution in [0.25, 0.3) is 0 Å². The number of rotatable bonds is 12. The van der Waals surface area contributed by atoms with E-state index in [0.29, 0.717) is 6.42 Å². The second kappa shape index (κ2) is 13.6. The van der Waals surface area contributed by atoms with Crippen LogP contribution in [-0.4, -0.2) is 16.8 Å². The summed E-state index contributed by atoms with van der Waals surface area (Å²) < 4.78 is 0. The Labute approximate surface area is 114 Å². The summed E-state index contributed by atoms with van der Waals surface area (Å²) >= 11 is 2.52. The van der Waals surface area contributed by atoms with Crippen LogP contribution in [0.15, 0.2) is 0 Å². The normalized spacial score (nSPS) is 10.6. The number of aliphatic carboxylic acids is 1. The van der Waals surface area contributed by atoms with Crippen LogP contribution in [0, 0.1) is 0 Å². The minimum atomic E-state index is -0.660. The third-order valence-corrected chi connectivity index (χ3v) is 4.33. The number of carboxylic acids is 1. The first-order valence-corrected chi connectivity index (χ1v) is 9.67. The van der Waals surface area contributed by atoms with Crippen molar-refractivity contribution in [2.24, 2.45) is 0 Å². The molecule has 0 aliphatic rings. The first-order chi connectivity index (χ1) is 7.77. The molecule has 0 amide bonds. The molecule has 0 saturated heterocycles. The molecule has 0 fully saturated rings. The first-order valence-electron chi connectivity index (χ1n) is 6.19. The Kier molecular flexibility index (Phi) is 14.1. The van der Waals surface area contributed by atoms with E-state index in [0.717, 1.165) is 12.8 Å². The summed E-state index contributed by atoms with van der Waals surface area (Å²) in [5.74, 6) is 0.616. The average molecular weight is 428 g/mol. The molecular weight excluding hydrogens is 405 g/mol. The number of carboxylic acid groups (broad SMARTS) is 1. The van der Waals surface area contributed by atoms with Crippen molar-refractivity contribution in [3.05, 3.63) is 0 Å². The molecule has 0 aliphatic heterocycles. The molecular formula is C12H23AuO2S. The van der Waals surface area contributed by atoms with Crippen molar-refractivity contribution in [2.45, 2.75) is 64.2 Å². The minimum absolute atomic E-state index is 0.341. The van der Waals surface area contributed by atoms with Crippen molar-refractivity contribution in [1.82, 2.24) is 0 Å². The van der Waals surface area contributed by atoms with Gasteiger partial charge in [0.1, 0.15) is 0 Å². The molecule has 0 aliphatic carbocycles. The van der Waals surface area contributed by atoms with Crippen molar-refractivity contribution in [3.63, 3.8) is 0 Å². The van der Waals surface area contributed by atoms with E-state index in [9.17, 15) is 4.79 Å². The summed E-state index contributed by atoms with van der Waals surface area (Å²) in [6.07, 6.45) is 11.5.